The molecule has 2 rings (SSSR count). The minimum absolute atomic E-state index is 0.158. The topological polar surface area (TPSA) is 59.9 Å². The Balaban J connectivity index is 2.14. The molecule has 2 aromatic rings. The predicted molar refractivity (Wildman–Crippen MR) is 61.1 cm³/mol. The number of aromatic nitrogens is 3. The lowest BCUT2D eigenvalue weighted by Gasteiger charge is -2.05. The van der Waals surface area contributed by atoms with E-state index in [2.05, 4.69) is 20.3 Å². The van der Waals surface area contributed by atoms with Gasteiger partial charge in [-0.3, -0.25) is 0 Å². The van der Waals surface area contributed by atoms with Crippen molar-refractivity contribution in [1.29, 1.82) is 0 Å². The lowest BCUT2D eigenvalue weighted by Crippen LogP contribution is -1.97. The standard InChI is InChI=1S/C10H9ClN4O/c1-16-8-4-2-7(3-5-8)14-10-13-6-12-9(11)15-10/h2-6H,1H3,(H,12,13,14,15). The molecule has 0 radical (unpaired) electrons. The third-order valence-electron chi connectivity index (χ3n) is 1.89. The maximum atomic E-state index is 5.64. The van der Waals surface area contributed by atoms with Crippen LogP contribution in [0.15, 0.2) is 30.6 Å². The third-order valence-corrected chi connectivity index (χ3v) is 2.07. The highest BCUT2D eigenvalue weighted by Gasteiger charge is 1.99. The first-order valence-corrected chi connectivity index (χ1v) is 4.91. The third kappa shape index (κ3) is 2.58. The molecule has 1 heterocycles. The molecule has 0 bridgehead atoms. The molecule has 0 spiro atoms. The molecule has 0 amide bonds. The average molecular weight is 237 g/mol. The minimum Gasteiger partial charge on any atom is -0.497 e. The molecule has 1 aromatic carbocycles. The molecule has 0 aliphatic carbocycles. The van der Waals surface area contributed by atoms with E-state index in [1.165, 1.54) is 6.33 Å². The van der Waals surface area contributed by atoms with Crippen LogP contribution < -0.4 is 10.1 Å². The predicted octanol–water partition coefficient (Wildman–Crippen LogP) is 2.28. The van der Waals surface area contributed by atoms with Crippen LogP contribution in [0.4, 0.5) is 11.6 Å². The van der Waals surface area contributed by atoms with Crippen molar-refractivity contribution in [3.63, 3.8) is 0 Å². The van der Waals surface area contributed by atoms with Crippen LogP contribution in [0.25, 0.3) is 0 Å². The molecule has 0 aliphatic rings. The second kappa shape index (κ2) is 4.76. The number of anilines is 2. The van der Waals surface area contributed by atoms with Crippen molar-refractivity contribution in [2.24, 2.45) is 0 Å². The summed E-state index contributed by atoms with van der Waals surface area (Å²) in [6, 6.07) is 7.39. The lowest BCUT2D eigenvalue weighted by molar-refractivity contribution is 0.415. The van der Waals surface area contributed by atoms with E-state index in [9.17, 15) is 0 Å². The molecular weight excluding hydrogens is 228 g/mol. The van der Waals surface area contributed by atoms with Crippen molar-refractivity contribution < 1.29 is 4.74 Å². The van der Waals surface area contributed by atoms with Gasteiger partial charge >= 0.3 is 0 Å². The van der Waals surface area contributed by atoms with E-state index < -0.39 is 0 Å². The summed E-state index contributed by atoms with van der Waals surface area (Å²) < 4.78 is 5.05. The van der Waals surface area contributed by atoms with Gasteiger partial charge in [0.05, 0.1) is 7.11 Å². The average Bonchev–Trinajstić information content (AvgIpc) is 2.30. The number of nitrogens with one attached hydrogen (secondary N) is 1. The molecule has 5 nitrogen and oxygen atoms in total. The largest absolute Gasteiger partial charge is 0.497 e. The first kappa shape index (κ1) is 10.6. The van der Waals surface area contributed by atoms with Gasteiger partial charge in [-0.05, 0) is 35.9 Å². The van der Waals surface area contributed by atoms with E-state index in [1.54, 1.807) is 7.11 Å². The van der Waals surface area contributed by atoms with Gasteiger partial charge in [-0.25, -0.2) is 9.97 Å². The summed E-state index contributed by atoms with van der Waals surface area (Å²) in [6.07, 6.45) is 1.35. The molecule has 0 unspecified atom stereocenters. The van der Waals surface area contributed by atoms with Crippen molar-refractivity contribution in [1.82, 2.24) is 15.0 Å². The fourth-order valence-corrected chi connectivity index (χ4v) is 1.26. The number of methoxy groups -OCH3 is 1. The highest BCUT2D eigenvalue weighted by Crippen LogP contribution is 2.17. The van der Waals surface area contributed by atoms with Crippen LogP contribution in [0.5, 0.6) is 5.75 Å². The second-order valence-corrected chi connectivity index (χ2v) is 3.27. The van der Waals surface area contributed by atoms with Crippen molar-refractivity contribution in [2.45, 2.75) is 0 Å². The van der Waals surface area contributed by atoms with Gasteiger partial charge < -0.3 is 10.1 Å². The number of halogens is 1. The number of rotatable bonds is 3. The highest BCUT2D eigenvalue weighted by atomic mass is 35.5. The summed E-state index contributed by atoms with van der Waals surface area (Å²) in [5.41, 5.74) is 0.850. The van der Waals surface area contributed by atoms with Gasteiger partial charge in [0.15, 0.2) is 0 Å². The second-order valence-electron chi connectivity index (χ2n) is 2.93. The molecule has 82 valence electrons. The summed E-state index contributed by atoms with van der Waals surface area (Å²) in [5.74, 6) is 1.20. The Labute approximate surface area is 97.5 Å². The molecule has 0 aliphatic heterocycles. The summed E-state index contributed by atoms with van der Waals surface area (Å²) in [5, 5.41) is 3.15. The zero-order valence-corrected chi connectivity index (χ0v) is 9.27. The fraction of sp³-hybridized carbons (Fsp3) is 0.100. The zero-order valence-electron chi connectivity index (χ0n) is 8.51. The van der Waals surface area contributed by atoms with E-state index in [4.69, 9.17) is 16.3 Å². The van der Waals surface area contributed by atoms with Crippen LogP contribution in [0, 0.1) is 0 Å². The van der Waals surface area contributed by atoms with E-state index in [1.807, 2.05) is 24.3 Å². The number of hydrogen-bond donors (Lipinski definition) is 1. The lowest BCUT2D eigenvalue weighted by atomic mass is 10.3. The van der Waals surface area contributed by atoms with Crippen molar-refractivity contribution in [2.75, 3.05) is 12.4 Å². The number of nitrogens with zero attached hydrogens (tertiary/aromatic N) is 3. The quantitative estimate of drug-likeness (QED) is 0.886. The fourth-order valence-electron chi connectivity index (χ4n) is 1.14. The van der Waals surface area contributed by atoms with Crippen LogP contribution >= 0.6 is 11.6 Å². The minimum atomic E-state index is 0.158. The summed E-state index contributed by atoms with van der Waals surface area (Å²) in [7, 11) is 1.62. The number of hydrogen-bond acceptors (Lipinski definition) is 5. The molecule has 16 heavy (non-hydrogen) atoms. The molecule has 0 saturated heterocycles. The number of benzene rings is 1. The highest BCUT2D eigenvalue weighted by molar-refractivity contribution is 6.28. The Morgan fingerprint density at radius 2 is 1.94 bits per heavy atom. The van der Waals surface area contributed by atoms with E-state index in [-0.39, 0.29) is 5.28 Å². The van der Waals surface area contributed by atoms with Gasteiger partial charge in [0, 0.05) is 5.69 Å². The van der Waals surface area contributed by atoms with Gasteiger partial charge in [0.2, 0.25) is 11.2 Å². The molecule has 6 heteroatoms. The maximum Gasteiger partial charge on any atom is 0.231 e. The van der Waals surface area contributed by atoms with Crippen LogP contribution in [0.1, 0.15) is 0 Å². The molecule has 0 fully saturated rings. The molecule has 1 aromatic heterocycles. The normalized spacial score (nSPS) is 9.88. The summed E-state index contributed by atoms with van der Waals surface area (Å²) in [4.78, 5) is 11.5. The van der Waals surface area contributed by atoms with Gasteiger partial charge in [0.25, 0.3) is 0 Å². The van der Waals surface area contributed by atoms with Crippen LogP contribution in [0.2, 0.25) is 5.28 Å². The Hall–Kier alpha value is -1.88. The maximum absolute atomic E-state index is 5.64. The van der Waals surface area contributed by atoms with E-state index >= 15 is 0 Å². The SMILES string of the molecule is COc1ccc(Nc2ncnc(Cl)n2)cc1. The Bertz CT molecular complexity index is 475. The van der Waals surface area contributed by atoms with Crippen molar-refractivity contribution in [3.8, 4) is 5.75 Å². The zero-order chi connectivity index (χ0) is 11.4. The van der Waals surface area contributed by atoms with Crippen LogP contribution in [-0.2, 0) is 0 Å². The molecule has 1 N–H and O–H groups in total. The van der Waals surface area contributed by atoms with Gasteiger partial charge in [0.1, 0.15) is 12.1 Å². The smallest absolute Gasteiger partial charge is 0.231 e. The van der Waals surface area contributed by atoms with Crippen molar-refractivity contribution in [3.05, 3.63) is 35.9 Å². The Morgan fingerprint density at radius 3 is 2.56 bits per heavy atom. The summed E-state index contributed by atoms with van der Waals surface area (Å²) in [6.45, 7) is 0. The van der Waals surface area contributed by atoms with Crippen LogP contribution in [-0.4, -0.2) is 22.1 Å². The van der Waals surface area contributed by atoms with E-state index in [0.29, 0.717) is 5.95 Å². The van der Waals surface area contributed by atoms with Gasteiger partial charge in [-0.15, -0.1) is 0 Å². The molecule has 0 atom stereocenters. The van der Waals surface area contributed by atoms with Crippen molar-refractivity contribution >= 4 is 23.2 Å². The Kier molecular flexibility index (Phi) is 3.16. The first-order valence-electron chi connectivity index (χ1n) is 4.53. The van der Waals surface area contributed by atoms with E-state index in [0.717, 1.165) is 11.4 Å². The number of ether oxygens (including phenoxy) is 1. The molecular formula is C10H9ClN4O. The first-order chi connectivity index (χ1) is 7.78. The monoisotopic (exact) mass is 236 g/mol. The molecule has 0 saturated carbocycles. The van der Waals surface area contributed by atoms with Gasteiger partial charge in [-0.2, -0.15) is 4.98 Å². The van der Waals surface area contributed by atoms with Gasteiger partial charge in [-0.1, -0.05) is 0 Å². The Morgan fingerprint density at radius 1 is 1.19 bits per heavy atom. The van der Waals surface area contributed by atoms with Crippen LogP contribution in [0.3, 0.4) is 0 Å². The summed E-state index contributed by atoms with van der Waals surface area (Å²) >= 11 is 5.64.